The van der Waals surface area contributed by atoms with Crippen molar-refractivity contribution >= 4 is 23.5 Å². The second kappa shape index (κ2) is 11.2. The number of hydrazone groups is 1. The van der Waals surface area contributed by atoms with E-state index in [1.54, 1.807) is 6.92 Å². The average molecular weight is 518 g/mol. The van der Waals surface area contributed by atoms with Gasteiger partial charge in [0.1, 0.15) is 0 Å². The molecular weight excluding hydrogens is 501 g/mol. The number of nitrogens with zero attached hydrogens (tertiary/aromatic N) is 3. The fourth-order valence-electron chi connectivity index (χ4n) is 2.99. The number of halogens is 3. The van der Waals surface area contributed by atoms with E-state index < -0.39 is 38.9 Å². The van der Waals surface area contributed by atoms with Crippen molar-refractivity contribution in [3.05, 3.63) is 97.6 Å². The molecule has 0 bridgehead atoms. The van der Waals surface area contributed by atoms with E-state index in [9.17, 15) is 38.2 Å². The zero-order chi connectivity index (χ0) is 27.2. The highest BCUT2D eigenvalue weighted by Gasteiger charge is 2.33. The second-order valence-corrected chi connectivity index (χ2v) is 7.19. The van der Waals surface area contributed by atoms with Crippen LogP contribution in [0.1, 0.15) is 28.4 Å². The maximum Gasteiger partial charge on any atom is 0.416 e. The van der Waals surface area contributed by atoms with Crippen LogP contribution in [0, 0.1) is 20.2 Å². The molecular formula is C23H17F3N4O7. The number of nitro benzene ring substituents is 2. The average Bonchev–Trinajstić information content (AvgIpc) is 2.85. The molecule has 0 aliphatic heterocycles. The minimum absolute atomic E-state index is 0.0116. The maximum absolute atomic E-state index is 12.9. The van der Waals surface area contributed by atoms with Crippen LogP contribution in [-0.4, -0.2) is 28.6 Å². The Balaban J connectivity index is 1.80. The van der Waals surface area contributed by atoms with Gasteiger partial charge in [-0.2, -0.15) is 18.3 Å². The van der Waals surface area contributed by atoms with Gasteiger partial charge in [0, 0.05) is 23.8 Å². The Morgan fingerprint density at radius 1 is 1.00 bits per heavy atom. The van der Waals surface area contributed by atoms with Gasteiger partial charge >= 0.3 is 11.9 Å². The number of alkyl halides is 3. The summed E-state index contributed by atoms with van der Waals surface area (Å²) in [5.41, 5.74) is 0.299. The smallest absolute Gasteiger partial charge is 0.416 e. The van der Waals surface area contributed by atoms with Crippen LogP contribution in [0.15, 0.2) is 65.8 Å². The highest BCUT2D eigenvalue weighted by molar-refractivity contribution is 5.95. The van der Waals surface area contributed by atoms with Gasteiger partial charge in [-0.1, -0.05) is 6.07 Å². The highest BCUT2D eigenvalue weighted by atomic mass is 19.4. The Morgan fingerprint density at radius 3 is 2.38 bits per heavy atom. The van der Waals surface area contributed by atoms with Gasteiger partial charge in [-0.3, -0.25) is 25.0 Å². The molecule has 3 aromatic rings. The van der Waals surface area contributed by atoms with Crippen LogP contribution >= 0.6 is 0 Å². The number of rotatable bonds is 9. The minimum Gasteiger partial charge on any atom is -0.490 e. The van der Waals surface area contributed by atoms with Gasteiger partial charge in [-0.25, -0.2) is 5.43 Å². The monoisotopic (exact) mass is 518 g/mol. The van der Waals surface area contributed by atoms with Crippen molar-refractivity contribution in [1.82, 2.24) is 5.43 Å². The van der Waals surface area contributed by atoms with Crippen molar-refractivity contribution in [1.29, 1.82) is 0 Å². The van der Waals surface area contributed by atoms with E-state index in [0.29, 0.717) is 17.7 Å². The lowest BCUT2D eigenvalue weighted by molar-refractivity contribution is -0.385. The van der Waals surface area contributed by atoms with Crippen molar-refractivity contribution in [2.75, 3.05) is 6.61 Å². The summed E-state index contributed by atoms with van der Waals surface area (Å²) in [4.78, 5) is 32.7. The summed E-state index contributed by atoms with van der Waals surface area (Å²) in [6.45, 7) is 1.82. The summed E-state index contributed by atoms with van der Waals surface area (Å²) in [6.07, 6.45) is -3.53. The number of nitrogens with one attached hydrogen (secondary N) is 1. The number of amides is 1. The lowest BCUT2D eigenvalue weighted by atomic mass is 10.1. The summed E-state index contributed by atoms with van der Waals surface area (Å²) in [5.74, 6) is -1.03. The van der Waals surface area contributed by atoms with Crippen molar-refractivity contribution in [3.8, 4) is 17.2 Å². The molecule has 3 aromatic carbocycles. The fraction of sp³-hybridized carbons (Fsp3) is 0.130. The SMILES string of the molecule is CCOc1cc(/C=N/NC(=O)c2cccc([N+](=O)[O-])c2)ccc1Oc1ccc(C(F)(F)F)cc1[N+](=O)[O-]. The van der Waals surface area contributed by atoms with E-state index in [1.807, 2.05) is 0 Å². The third-order valence-electron chi connectivity index (χ3n) is 4.67. The molecule has 192 valence electrons. The number of hydrogen-bond acceptors (Lipinski definition) is 8. The summed E-state index contributed by atoms with van der Waals surface area (Å²) in [6, 6.07) is 11.2. The molecule has 0 radical (unpaired) electrons. The Labute approximate surface area is 206 Å². The molecule has 11 nitrogen and oxygen atoms in total. The predicted octanol–water partition coefficient (Wildman–Crippen LogP) is 5.48. The van der Waals surface area contributed by atoms with Crippen LogP contribution < -0.4 is 14.9 Å². The van der Waals surface area contributed by atoms with Gasteiger partial charge < -0.3 is 9.47 Å². The number of ether oxygens (including phenoxy) is 2. The van der Waals surface area contributed by atoms with E-state index in [0.717, 1.165) is 12.1 Å². The summed E-state index contributed by atoms with van der Waals surface area (Å²) < 4.78 is 49.8. The summed E-state index contributed by atoms with van der Waals surface area (Å²) in [5, 5.41) is 26.0. The fourth-order valence-corrected chi connectivity index (χ4v) is 2.99. The van der Waals surface area contributed by atoms with Crippen molar-refractivity contribution < 1.29 is 37.3 Å². The molecule has 1 N–H and O–H groups in total. The number of carbonyl (C=O) groups excluding carboxylic acids is 1. The molecule has 0 spiro atoms. The quantitative estimate of drug-likeness (QED) is 0.224. The number of non-ortho nitro benzene ring substituents is 1. The molecule has 14 heteroatoms. The molecule has 0 saturated heterocycles. The standard InChI is InChI=1S/C23H17F3N4O7/c1-2-36-21-10-14(13-27-28-22(31)15-4-3-5-17(11-15)29(32)33)6-8-20(21)37-19-9-7-16(23(24,25)26)12-18(19)30(34)35/h3-13H,2H2,1H3,(H,28,31)/b27-13+. The van der Waals surface area contributed by atoms with Crippen molar-refractivity contribution in [3.63, 3.8) is 0 Å². The van der Waals surface area contributed by atoms with E-state index >= 15 is 0 Å². The molecule has 0 atom stereocenters. The first kappa shape index (κ1) is 26.6. The molecule has 0 heterocycles. The number of carbonyl (C=O) groups is 1. The Bertz CT molecular complexity index is 1380. The predicted molar refractivity (Wildman–Crippen MR) is 124 cm³/mol. The van der Waals surface area contributed by atoms with E-state index in [-0.39, 0.29) is 29.4 Å². The zero-order valence-electron chi connectivity index (χ0n) is 18.9. The summed E-state index contributed by atoms with van der Waals surface area (Å²) >= 11 is 0. The lowest BCUT2D eigenvalue weighted by Crippen LogP contribution is -2.17. The molecule has 3 rings (SSSR count). The molecule has 0 saturated carbocycles. The Hall–Kier alpha value is -5.01. The largest absolute Gasteiger partial charge is 0.490 e. The first-order valence-electron chi connectivity index (χ1n) is 10.4. The van der Waals surface area contributed by atoms with Crippen molar-refractivity contribution in [2.24, 2.45) is 5.10 Å². The maximum atomic E-state index is 12.9. The topological polar surface area (TPSA) is 146 Å². The first-order chi connectivity index (χ1) is 17.5. The molecule has 0 aliphatic carbocycles. The Morgan fingerprint density at radius 2 is 1.73 bits per heavy atom. The first-order valence-corrected chi connectivity index (χ1v) is 10.4. The third kappa shape index (κ3) is 6.78. The third-order valence-corrected chi connectivity index (χ3v) is 4.67. The molecule has 0 unspecified atom stereocenters. The molecule has 0 aliphatic rings. The lowest BCUT2D eigenvalue weighted by Gasteiger charge is -2.13. The highest BCUT2D eigenvalue weighted by Crippen LogP contribution is 2.40. The van der Waals surface area contributed by atoms with Crippen LogP contribution in [-0.2, 0) is 6.18 Å². The normalized spacial score (nSPS) is 11.2. The zero-order valence-corrected chi connectivity index (χ0v) is 18.9. The van der Waals surface area contributed by atoms with Gasteiger partial charge in [0.15, 0.2) is 11.5 Å². The molecule has 37 heavy (non-hydrogen) atoms. The number of hydrogen-bond donors (Lipinski definition) is 1. The number of benzene rings is 3. The summed E-state index contributed by atoms with van der Waals surface area (Å²) in [7, 11) is 0. The van der Waals surface area contributed by atoms with Crippen molar-refractivity contribution in [2.45, 2.75) is 13.1 Å². The molecule has 0 fully saturated rings. The Kier molecular flexibility index (Phi) is 8.02. The van der Waals surface area contributed by atoms with E-state index in [2.05, 4.69) is 10.5 Å². The van der Waals surface area contributed by atoms with Crippen LogP contribution in [0.2, 0.25) is 0 Å². The van der Waals surface area contributed by atoms with Gasteiger partial charge in [-0.05, 0) is 48.9 Å². The van der Waals surface area contributed by atoms with Crippen LogP contribution in [0.25, 0.3) is 0 Å². The molecule has 1 amide bonds. The van der Waals surface area contributed by atoms with Gasteiger partial charge in [0.2, 0.25) is 5.75 Å². The van der Waals surface area contributed by atoms with E-state index in [1.165, 1.54) is 42.6 Å². The second-order valence-electron chi connectivity index (χ2n) is 7.19. The van der Waals surface area contributed by atoms with Gasteiger partial charge in [-0.15, -0.1) is 0 Å². The van der Waals surface area contributed by atoms with Crippen LogP contribution in [0.5, 0.6) is 17.2 Å². The van der Waals surface area contributed by atoms with Crippen LogP contribution in [0.3, 0.4) is 0 Å². The minimum atomic E-state index is -4.77. The van der Waals surface area contributed by atoms with E-state index in [4.69, 9.17) is 9.47 Å². The number of nitro groups is 2. The molecule has 0 aromatic heterocycles. The van der Waals surface area contributed by atoms with Crippen LogP contribution in [0.4, 0.5) is 24.5 Å². The van der Waals surface area contributed by atoms with Gasteiger partial charge in [0.25, 0.3) is 11.6 Å². The van der Waals surface area contributed by atoms with Gasteiger partial charge in [0.05, 0.1) is 28.2 Å².